The van der Waals surface area contributed by atoms with Gasteiger partial charge in [0.15, 0.2) is 0 Å². The topological polar surface area (TPSA) is 24.9 Å². The van der Waals surface area contributed by atoms with Crippen molar-refractivity contribution in [2.24, 2.45) is 0 Å². The Labute approximate surface area is 129 Å². The van der Waals surface area contributed by atoms with E-state index in [2.05, 4.69) is 42.3 Å². The fraction of sp³-hybridized carbons (Fsp3) is 0.167. The van der Waals surface area contributed by atoms with Crippen LogP contribution < -0.4 is 5.32 Å². The smallest absolute Gasteiger partial charge is 0.0908 e. The van der Waals surface area contributed by atoms with Crippen molar-refractivity contribution in [3.63, 3.8) is 0 Å². The summed E-state index contributed by atoms with van der Waals surface area (Å²) in [5.74, 6) is 0. The van der Waals surface area contributed by atoms with E-state index in [1.54, 1.807) is 6.20 Å². The molecular formula is C18H17ClN2. The molecule has 0 saturated heterocycles. The SMILES string of the molecule is Cc1ccc(CNc2ccc(Cl)c3ncccc23)cc1C. The molecule has 3 aromatic rings. The Morgan fingerprint density at radius 2 is 1.90 bits per heavy atom. The monoisotopic (exact) mass is 296 g/mol. The zero-order valence-corrected chi connectivity index (χ0v) is 12.9. The average Bonchev–Trinajstić information content (AvgIpc) is 2.50. The van der Waals surface area contributed by atoms with Crippen LogP contribution in [0.2, 0.25) is 5.02 Å². The van der Waals surface area contributed by atoms with Gasteiger partial charge in [-0.1, -0.05) is 29.8 Å². The van der Waals surface area contributed by atoms with Gasteiger partial charge in [0.05, 0.1) is 10.5 Å². The van der Waals surface area contributed by atoms with Crippen molar-refractivity contribution < 1.29 is 0 Å². The van der Waals surface area contributed by atoms with Crippen LogP contribution in [0.15, 0.2) is 48.7 Å². The molecule has 2 nitrogen and oxygen atoms in total. The fourth-order valence-electron chi connectivity index (χ4n) is 2.40. The van der Waals surface area contributed by atoms with Crippen LogP contribution in [-0.4, -0.2) is 4.98 Å². The Bertz CT molecular complexity index is 796. The minimum atomic E-state index is 0.683. The summed E-state index contributed by atoms with van der Waals surface area (Å²) in [5.41, 5.74) is 5.80. The Kier molecular flexibility index (Phi) is 3.80. The van der Waals surface area contributed by atoms with Crippen molar-refractivity contribution in [1.29, 1.82) is 0 Å². The molecule has 0 aliphatic carbocycles. The zero-order chi connectivity index (χ0) is 14.8. The number of nitrogens with zero attached hydrogens (tertiary/aromatic N) is 1. The molecule has 0 atom stereocenters. The number of benzene rings is 2. The van der Waals surface area contributed by atoms with Gasteiger partial charge < -0.3 is 5.32 Å². The largest absolute Gasteiger partial charge is 0.380 e. The summed E-state index contributed by atoms with van der Waals surface area (Å²) in [6.07, 6.45) is 1.77. The number of anilines is 1. The first kappa shape index (κ1) is 13.9. The van der Waals surface area contributed by atoms with Crippen LogP contribution in [0.25, 0.3) is 10.9 Å². The van der Waals surface area contributed by atoms with Gasteiger partial charge in [0, 0.05) is 23.8 Å². The molecule has 3 rings (SSSR count). The molecule has 106 valence electrons. The second-order valence-corrected chi connectivity index (χ2v) is 5.67. The van der Waals surface area contributed by atoms with Gasteiger partial charge in [0.2, 0.25) is 0 Å². The molecule has 0 bridgehead atoms. The van der Waals surface area contributed by atoms with E-state index in [0.717, 1.165) is 23.1 Å². The number of aryl methyl sites for hydroxylation is 2. The van der Waals surface area contributed by atoms with Gasteiger partial charge in [-0.15, -0.1) is 0 Å². The molecule has 0 saturated carbocycles. The van der Waals surface area contributed by atoms with Gasteiger partial charge in [-0.3, -0.25) is 4.98 Å². The number of fused-ring (bicyclic) bond motifs is 1. The Morgan fingerprint density at radius 1 is 1.05 bits per heavy atom. The van der Waals surface area contributed by atoms with Gasteiger partial charge in [0.25, 0.3) is 0 Å². The van der Waals surface area contributed by atoms with Gasteiger partial charge in [-0.2, -0.15) is 0 Å². The molecule has 3 heteroatoms. The summed E-state index contributed by atoms with van der Waals surface area (Å²) >= 11 is 6.19. The quantitative estimate of drug-likeness (QED) is 0.726. The molecule has 1 aromatic heterocycles. The summed E-state index contributed by atoms with van der Waals surface area (Å²) in [6.45, 7) is 5.05. The van der Waals surface area contributed by atoms with Crippen molar-refractivity contribution in [1.82, 2.24) is 4.98 Å². The third-order valence-corrected chi connectivity index (χ3v) is 4.08. The van der Waals surface area contributed by atoms with E-state index in [9.17, 15) is 0 Å². The number of hydrogen-bond acceptors (Lipinski definition) is 2. The minimum Gasteiger partial charge on any atom is -0.380 e. The Hall–Kier alpha value is -2.06. The molecule has 0 spiro atoms. The van der Waals surface area contributed by atoms with Gasteiger partial charge in [-0.25, -0.2) is 0 Å². The lowest BCUT2D eigenvalue weighted by Gasteiger charge is -2.11. The highest BCUT2D eigenvalue weighted by Gasteiger charge is 2.05. The molecule has 0 unspecified atom stereocenters. The highest BCUT2D eigenvalue weighted by molar-refractivity contribution is 6.35. The van der Waals surface area contributed by atoms with Crippen LogP contribution in [0.1, 0.15) is 16.7 Å². The maximum Gasteiger partial charge on any atom is 0.0908 e. The van der Waals surface area contributed by atoms with Crippen LogP contribution in [0.3, 0.4) is 0 Å². The normalized spacial score (nSPS) is 10.8. The zero-order valence-electron chi connectivity index (χ0n) is 12.2. The second-order valence-electron chi connectivity index (χ2n) is 5.27. The minimum absolute atomic E-state index is 0.683. The van der Waals surface area contributed by atoms with E-state index < -0.39 is 0 Å². The summed E-state index contributed by atoms with van der Waals surface area (Å²) < 4.78 is 0. The molecule has 0 aliphatic rings. The number of rotatable bonds is 3. The van der Waals surface area contributed by atoms with Crippen molar-refractivity contribution in [2.75, 3.05) is 5.32 Å². The van der Waals surface area contributed by atoms with Crippen LogP contribution >= 0.6 is 11.6 Å². The Morgan fingerprint density at radius 3 is 2.71 bits per heavy atom. The number of halogens is 1. The third-order valence-electron chi connectivity index (χ3n) is 3.77. The van der Waals surface area contributed by atoms with E-state index in [1.807, 2.05) is 24.3 Å². The Balaban J connectivity index is 1.88. The van der Waals surface area contributed by atoms with Crippen molar-refractivity contribution in [3.8, 4) is 0 Å². The summed E-state index contributed by atoms with van der Waals surface area (Å²) in [6, 6.07) is 14.4. The molecule has 2 aromatic carbocycles. The van der Waals surface area contributed by atoms with Gasteiger partial charge >= 0.3 is 0 Å². The lowest BCUT2D eigenvalue weighted by Crippen LogP contribution is -2.01. The van der Waals surface area contributed by atoms with Crippen LogP contribution in [-0.2, 0) is 6.54 Å². The summed E-state index contributed by atoms with van der Waals surface area (Å²) in [5, 5.41) is 5.21. The number of nitrogens with one attached hydrogen (secondary N) is 1. The highest BCUT2D eigenvalue weighted by atomic mass is 35.5. The first-order chi connectivity index (χ1) is 10.1. The van der Waals surface area contributed by atoms with Crippen LogP contribution in [0.5, 0.6) is 0 Å². The van der Waals surface area contributed by atoms with E-state index >= 15 is 0 Å². The average molecular weight is 297 g/mol. The summed E-state index contributed by atoms with van der Waals surface area (Å²) in [7, 11) is 0. The van der Waals surface area contributed by atoms with Crippen LogP contribution in [0, 0.1) is 13.8 Å². The molecule has 0 fully saturated rings. The molecule has 21 heavy (non-hydrogen) atoms. The number of pyridine rings is 1. The second kappa shape index (κ2) is 5.74. The van der Waals surface area contributed by atoms with Crippen molar-refractivity contribution in [3.05, 3.63) is 70.4 Å². The van der Waals surface area contributed by atoms with E-state index in [1.165, 1.54) is 16.7 Å². The molecule has 0 aliphatic heterocycles. The van der Waals surface area contributed by atoms with Gasteiger partial charge in [-0.05, 0) is 54.8 Å². The predicted octanol–water partition coefficient (Wildman–Crippen LogP) is 5.12. The number of aromatic nitrogens is 1. The van der Waals surface area contributed by atoms with Crippen molar-refractivity contribution >= 4 is 28.2 Å². The molecule has 1 N–H and O–H groups in total. The number of hydrogen-bond donors (Lipinski definition) is 1. The summed E-state index contributed by atoms with van der Waals surface area (Å²) in [4.78, 5) is 4.35. The van der Waals surface area contributed by atoms with E-state index in [-0.39, 0.29) is 0 Å². The lowest BCUT2D eigenvalue weighted by atomic mass is 10.1. The maximum atomic E-state index is 6.19. The highest BCUT2D eigenvalue weighted by Crippen LogP contribution is 2.28. The predicted molar refractivity (Wildman–Crippen MR) is 90.0 cm³/mol. The first-order valence-electron chi connectivity index (χ1n) is 6.98. The maximum absolute atomic E-state index is 6.19. The van der Waals surface area contributed by atoms with E-state index in [4.69, 9.17) is 11.6 Å². The molecule has 1 heterocycles. The fourth-order valence-corrected chi connectivity index (χ4v) is 2.62. The molecular weight excluding hydrogens is 280 g/mol. The molecule has 0 radical (unpaired) electrons. The van der Waals surface area contributed by atoms with E-state index in [0.29, 0.717) is 5.02 Å². The third kappa shape index (κ3) is 2.86. The first-order valence-corrected chi connectivity index (χ1v) is 7.36. The van der Waals surface area contributed by atoms with Crippen molar-refractivity contribution in [2.45, 2.75) is 20.4 Å². The van der Waals surface area contributed by atoms with Gasteiger partial charge in [0.1, 0.15) is 0 Å². The standard InChI is InChI=1S/C18H17ClN2/c1-12-5-6-14(10-13(12)2)11-21-17-8-7-16(19)18-15(17)4-3-9-20-18/h3-10,21H,11H2,1-2H3. The molecule has 0 amide bonds. The van der Waals surface area contributed by atoms with Crippen LogP contribution in [0.4, 0.5) is 5.69 Å². The lowest BCUT2D eigenvalue weighted by molar-refractivity contribution is 1.14.